The van der Waals surface area contributed by atoms with Gasteiger partial charge in [0.1, 0.15) is 5.75 Å². The van der Waals surface area contributed by atoms with E-state index in [1.807, 2.05) is 20.0 Å². The van der Waals surface area contributed by atoms with Crippen LogP contribution in [0.25, 0.3) is 0 Å². The third-order valence-electron chi connectivity index (χ3n) is 3.06. The fraction of sp³-hybridized carbons (Fsp3) is 0.400. The Labute approximate surface area is 131 Å². The maximum atomic E-state index is 12.1. The maximum absolute atomic E-state index is 12.1. The van der Waals surface area contributed by atoms with Crippen molar-refractivity contribution in [3.8, 4) is 5.75 Å². The molecule has 6 nitrogen and oxygen atoms in total. The molecule has 1 N–H and O–H groups in total. The van der Waals surface area contributed by atoms with Gasteiger partial charge in [0, 0.05) is 19.3 Å². The summed E-state index contributed by atoms with van der Waals surface area (Å²) in [5, 5.41) is 4.16. The van der Waals surface area contributed by atoms with Gasteiger partial charge in [-0.05, 0) is 50.1 Å². The van der Waals surface area contributed by atoms with E-state index in [1.165, 1.54) is 0 Å². The average Bonchev–Trinajstić information content (AvgIpc) is 2.90. The van der Waals surface area contributed by atoms with Gasteiger partial charge in [-0.1, -0.05) is 0 Å². The standard InChI is InChI=1S/C15H21N3O3S/c1-3-21-14-5-7-15(8-6-14)22(19,20)17-9-4-10-18-12-13(2)11-16-18/h5-8,11-12,17H,3-4,9-10H2,1-2H3. The van der Waals surface area contributed by atoms with E-state index >= 15 is 0 Å². The predicted molar refractivity (Wildman–Crippen MR) is 84.4 cm³/mol. The Morgan fingerprint density at radius 3 is 2.59 bits per heavy atom. The number of sulfonamides is 1. The van der Waals surface area contributed by atoms with Crippen LogP contribution in [0.5, 0.6) is 5.75 Å². The highest BCUT2D eigenvalue weighted by Crippen LogP contribution is 2.15. The number of nitrogens with zero attached hydrogens (tertiary/aromatic N) is 2. The zero-order valence-electron chi connectivity index (χ0n) is 12.8. The molecule has 0 bridgehead atoms. The lowest BCUT2D eigenvalue weighted by atomic mass is 10.3. The van der Waals surface area contributed by atoms with E-state index in [4.69, 9.17) is 4.74 Å². The number of benzene rings is 1. The Hall–Kier alpha value is -1.86. The molecule has 0 spiro atoms. The molecule has 0 aliphatic carbocycles. The lowest BCUT2D eigenvalue weighted by Crippen LogP contribution is -2.25. The smallest absolute Gasteiger partial charge is 0.240 e. The third kappa shape index (κ3) is 4.57. The molecule has 1 aromatic carbocycles. The number of aryl methyl sites for hydroxylation is 2. The summed E-state index contributed by atoms with van der Waals surface area (Å²) in [6.45, 7) is 5.46. The van der Waals surface area contributed by atoms with Gasteiger partial charge >= 0.3 is 0 Å². The lowest BCUT2D eigenvalue weighted by Gasteiger charge is -2.08. The number of hydrogen-bond donors (Lipinski definition) is 1. The summed E-state index contributed by atoms with van der Waals surface area (Å²) in [6.07, 6.45) is 4.39. The van der Waals surface area contributed by atoms with E-state index in [1.54, 1.807) is 35.1 Å². The van der Waals surface area contributed by atoms with Crippen LogP contribution in [-0.2, 0) is 16.6 Å². The van der Waals surface area contributed by atoms with Crippen LogP contribution >= 0.6 is 0 Å². The Morgan fingerprint density at radius 1 is 1.27 bits per heavy atom. The molecule has 7 heteroatoms. The normalized spacial score (nSPS) is 11.5. The Bertz CT molecular complexity index is 693. The quantitative estimate of drug-likeness (QED) is 0.754. The third-order valence-corrected chi connectivity index (χ3v) is 4.54. The summed E-state index contributed by atoms with van der Waals surface area (Å²) in [7, 11) is -3.48. The molecule has 120 valence electrons. The lowest BCUT2D eigenvalue weighted by molar-refractivity contribution is 0.340. The van der Waals surface area contributed by atoms with E-state index < -0.39 is 10.0 Å². The fourth-order valence-corrected chi connectivity index (χ4v) is 3.08. The summed E-state index contributed by atoms with van der Waals surface area (Å²) in [5.41, 5.74) is 1.09. The van der Waals surface area contributed by atoms with Gasteiger partial charge < -0.3 is 4.74 Å². The van der Waals surface area contributed by atoms with Crippen LogP contribution < -0.4 is 9.46 Å². The minimum Gasteiger partial charge on any atom is -0.494 e. The second kappa shape index (κ2) is 7.42. The van der Waals surface area contributed by atoms with E-state index in [0.717, 1.165) is 5.56 Å². The average molecular weight is 323 g/mol. The van der Waals surface area contributed by atoms with Gasteiger partial charge in [0.15, 0.2) is 0 Å². The van der Waals surface area contributed by atoms with Crippen LogP contribution in [0.3, 0.4) is 0 Å². The molecule has 0 atom stereocenters. The number of nitrogens with one attached hydrogen (secondary N) is 1. The molecule has 0 unspecified atom stereocenters. The fourth-order valence-electron chi connectivity index (χ4n) is 2.00. The van der Waals surface area contributed by atoms with Gasteiger partial charge in [-0.25, -0.2) is 13.1 Å². The maximum Gasteiger partial charge on any atom is 0.240 e. The van der Waals surface area contributed by atoms with Gasteiger partial charge in [-0.2, -0.15) is 5.10 Å². The van der Waals surface area contributed by atoms with Crippen molar-refractivity contribution in [1.82, 2.24) is 14.5 Å². The molecule has 1 heterocycles. The first-order valence-corrected chi connectivity index (χ1v) is 8.71. The highest BCUT2D eigenvalue weighted by atomic mass is 32.2. The zero-order valence-corrected chi connectivity index (χ0v) is 13.6. The van der Waals surface area contributed by atoms with Gasteiger partial charge in [0.05, 0.1) is 17.7 Å². The van der Waals surface area contributed by atoms with Crippen LogP contribution in [0.1, 0.15) is 18.9 Å². The summed E-state index contributed by atoms with van der Waals surface area (Å²) in [6, 6.07) is 6.41. The number of aromatic nitrogens is 2. The van der Waals surface area contributed by atoms with Crippen LogP contribution in [0, 0.1) is 6.92 Å². The van der Waals surface area contributed by atoms with E-state index in [2.05, 4.69) is 9.82 Å². The minimum absolute atomic E-state index is 0.242. The van der Waals surface area contributed by atoms with Crippen LogP contribution in [0.15, 0.2) is 41.6 Å². The van der Waals surface area contributed by atoms with Crippen molar-refractivity contribution in [2.45, 2.75) is 31.7 Å². The number of ether oxygens (including phenoxy) is 1. The summed E-state index contributed by atoms with van der Waals surface area (Å²) in [5.74, 6) is 0.663. The molecule has 0 aliphatic heterocycles. The Kier molecular flexibility index (Phi) is 5.57. The molecule has 0 aliphatic rings. The highest BCUT2D eigenvalue weighted by Gasteiger charge is 2.13. The summed E-state index contributed by atoms with van der Waals surface area (Å²) >= 11 is 0. The molecule has 22 heavy (non-hydrogen) atoms. The first-order chi connectivity index (χ1) is 10.5. The Balaban J connectivity index is 1.85. The van der Waals surface area contributed by atoms with E-state index in [0.29, 0.717) is 31.9 Å². The molecule has 0 amide bonds. The summed E-state index contributed by atoms with van der Waals surface area (Å²) in [4.78, 5) is 0.242. The SMILES string of the molecule is CCOc1ccc(S(=O)(=O)NCCCn2cc(C)cn2)cc1. The number of hydrogen-bond acceptors (Lipinski definition) is 4. The predicted octanol–water partition coefficient (Wildman–Crippen LogP) is 1.96. The zero-order chi connectivity index (χ0) is 16.0. The van der Waals surface area contributed by atoms with E-state index in [9.17, 15) is 8.42 Å². The number of rotatable bonds is 8. The van der Waals surface area contributed by atoms with Crippen molar-refractivity contribution in [2.75, 3.05) is 13.2 Å². The molecular formula is C15H21N3O3S. The van der Waals surface area contributed by atoms with Crippen molar-refractivity contribution in [1.29, 1.82) is 0 Å². The van der Waals surface area contributed by atoms with Gasteiger partial charge in [-0.3, -0.25) is 4.68 Å². The molecule has 2 aromatic rings. The van der Waals surface area contributed by atoms with Crippen LogP contribution in [0.2, 0.25) is 0 Å². The Morgan fingerprint density at radius 2 is 2.00 bits per heavy atom. The molecule has 0 radical (unpaired) electrons. The monoisotopic (exact) mass is 323 g/mol. The van der Waals surface area contributed by atoms with Crippen molar-refractivity contribution >= 4 is 10.0 Å². The van der Waals surface area contributed by atoms with Gasteiger partial charge in [0.2, 0.25) is 10.0 Å². The van der Waals surface area contributed by atoms with Gasteiger partial charge in [-0.15, -0.1) is 0 Å². The van der Waals surface area contributed by atoms with Crippen LogP contribution in [0.4, 0.5) is 0 Å². The molecular weight excluding hydrogens is 302 g/mol. The van der Waals surface area contributed by atoms with E-state index in [-0.39, 0.29) is 4.90 Å². The molecule has 2 rings (SSSR count). The molecule has 0 saturated carbocycles. The van der Waals surface area contributed by atoms with Crippen molar-refractivity contribution < 1.29 is 13.2 Å². The molecule has 1 aromatic heterocycles. The second-order valence-electron chi connectivity index (χ2n) is 4.94. The minimum atomic E-state index is -3.48. The topological polar surface area (TPSA) is 73.2 Å². The first-order valence-electron chi connectivity index (χ1n) is 7.23. The molecule has 0 saturated heterocycles. The van der Waals surface area contributed by atoms with Crippen molar-refractivity contribution in [3.63, 3.8) is 0 Å². The first kappa shape index (κ1) is 16.5. The molecule has 0 fully saturated rings. The van der Waals surface area contributed by atoms with Gasteiger partial charge in [0.25, 0.3) is 0 Å². The second-order valence-corrected chi connectivity index (χ2v) is 6.70. The largest absolute Gasteiger partial charge is 0.494 e. The van der Waals surface area contributed by atoms with Crippen molar-refractivity contribution in [3.05, 3.63) is 42.2 Å². The van der Waals surface area contributed by atoms with Crippen LogP contribution in [-0.4, -0.2) is 31.3 Å². The summed E-state index contributed by atoms with van der Waals surface area (Å²) < 4.78 is 34.0. The highest BCUT2D eigenvalue weighted by molar-refractivity contribution is 7.89. The van der Waals surface area contributed by atoms with Crippen molar-refractivity contribution in [2.24, 2.45) is 0 Å².